The summed E-state index contributed by atoms with van der Waals surface area (Å²) in [7, 11) is -1.60. The number of hydrogen-bond acceptors (Lipinski definition) is 2. The minimum absolute atomic E-state index is 0.299. The zero-order valence-corrected chi connectivity index (χ0v) is 12.0. The van der Waals surface area contributed by atoms with Crippen LogP contribution in [0.1, 0.15) is 47.5 Å². The van der Waals surface area contributed by atoms with E-state index in [1.54, 1.807) is 0 Å². The first kappa shape index (κ1) is 14.9. The van der Waals surface area contributed by atoms with Crippen molar-refractivity contribution in [2.24, 2.45) is 0 Å². The lowest BCUT2D eigenvalue weighted by Gasteiger charge is -2.26. The van der Waals surface area contributed by atoms with Gasteiger partial charge in [-0.1, -0.05) is 26.8 Å². The van der Waals surface area contributed by atoms with Crippen molar-refractivity contribution < 1.29 is 8.85 Å². The summed E-state index contributed by atoms with van der Waals surface area (Å²) in [6.45, 7) is 14.4. The summed E-state index contributed by atoms with van der Waals surface area (Å²) < 4.78 is 11.9. The Hall–Kier alpha value is -0.123. The van der Waals surface area contributed by atoms with E-state index in [1.807, 2.05) is 6.08 Å². The molecule has 0 aromatic heterocycles. The summed E-state index contributed by atoms with van der Waals surface area (Å²) in [5, 5.41) is 0. The maximum absolute atomic E-state index is 5.97. The average molecular weight is 230 g/mol. The predicted octanol–water partition coefficient (Wildman–Crippen LogP) is 3.41. The molecule has 0 saturated carbocycles. The Morgan fingerprint density at radius 1 is 1.07 bits per heavy atom. The van der Waals surface area contributed by atoms with Crippen LogP contribution >= 0.6 is 0 Å². The molecule has 0 aliphatic rings. The van der Waals surface area contributed by atoms with E-state index in [4.69, 9.17) is 8.85 Å². The van der Waals surface area contributed by atoms with Crippen LogP contribution in [-0.2, 0) is 8.85 Å². The van der Waals surface area contributed by atoms with Gasteiger partial charge in [0.15, 0.2) is 0 Å². The summed E-state index contributed by atoms with van der Waals surface area (Å²) in [5.41, 5.74) is 0.369. The van der Waals surface area contributed by atoms with E-state index in [9.17, 15) is 0 Å². The van der Waals surface area contributed by atoms with E-state index in [1.165, 1.54) is 0 Å². The van der Waals surface area contributed by atoms with Gasteiger partial charge in [0.25, 0.3) is 0 Å². The maximum atomic E-state index is 5.97. The van der Waals surface area contributed by atoms with E-state index in [0.717, 1.165) is 12.8 Å². The van der Waals surface area contributed by atoms with Crippen molar-refractivity contribution in [3.05, 3.63) is 12.7 Å². The van der Waals surface area contributed by atoms with Crippen LogP contribution in [0.5, 0.6) is 0 Å². The minimum Gasteiger partial charge on any atom is -0.393 e. The molecular formula is C12H26O2Si. The quantitative estimate of drug-likeness (QED) is 0.470. The fourth-order valence-corrected chi connectivity index (χ4v) is 3.12. The van der Waals surface area contributed by atoms with Gasteiger partial charge in [-0.2, -0.15) is 0 Å². The Labute approximate surface area is 96.5 Å². The predicted molar refractivity (Wildman–Crippen MR) is 68.4 cm³/mol. The highest BCUT2D eigenvalue weighted by Gasteiger charge is 2.23. The van der Waals surface area contributed by atoms with Gasteiger partial charge in [-0.25, -0.2) is 0 Å². The molecule has 0 amide bonds. The van der Waals surface area contributed by atoms with Gasteiger partial charge in [0.2, 0.25) is 0 Å². The first-order valence-electron chi connectivity index (χ1n) is 5.98. The summed E-state index contributed by atoms with van der Waals surface area (Å²) >= 11 is 0. The molecule has 90 valence electrons. The fraction of sp³-hybridized carbons (Fsp3) is 0.833. The molecule has 0 bridgehead atoms. The molecule has 0 spiro atoms. The van der Waals surface area contributed by atoms with E-state index >= 15 is 0 Å². The van der Waals surface area contributed by atoms with E-state index in [-0.39, 0.29) is 0 Å². The molecule has 3 unspecified atom stereocenters. The topological polar surface area (TPSA) is 18.5 Å². The lowest BCUT2D eigenvalue weighted by molar-refractivity contribution is 0.108. The van der Waals surface area contributed by atoms with Crippen LogP contribution < -0.4 is 0 Å². The van der Waals surface area contributed by atoms with Gasteiger partial charge < -0.3 is 8.85 Å². The zero-order chi connectivity index (χ0) is 11.8. The molecule has 0 radical (unpaired) electrons. The molecule has 15 heavy (non-hydrogen) atoms. The van der Waals surface area contributed by atoms with E-state index in [2.05, 4.69) is 41.2 Å². The van der Waals surface area contributed by atoms with Crippen LogP contribution in [0, 0.1) is 0 Å². The van der Waals surface area contributed by atoms with Gasteiger partial charge in [0.1, 0.15) is 0 Å². The molecule has 3 atom stereocenters. The van der Waals surface area contributed by atoms with Crippen molar-refractivity contribution in [1.29, 1.82) is 0 Å². The third-order valence-electron chi connectivity index (χ3n) is 2.68. The van der Waals surface area contributed by atoms with E-state index in [0.29, 0.717) is 17.7 Å². The summed E-state index contributed by atoms with van der Waals surface area (Å²) in [5.74, 6) is 0. The second-order valence-electron chi connectivity index (χ2n) is 4.17. The lowest BCUT2D eigenvalue weighted by atomic mass is 10.3. The first-order valence-corrected chi connectivity index (χ1v) is 7.59. The second-order valence-corrected chi connectivity index (χ2v) is 6.51. The maximum Gasteiger partial charge on any atom is 0.328 e. The Bertz CT molecular complexity index is 161. The molecule has 0 N–H and O–H groups in total. The second kappa shape index (κ2) is 8.08. The monoisotopic (exact) mass is 230 g/mol. The molecule has 3 heteroatoms. The largest absolute Gasteiger partial charge is 0.393 e. The molecule has 0 aliphatic carbocycles. The fourth-order valence-electron chi connectivity index (χ4n) is 1.04. The highest BCUT2D eigenvalue weighted by Crippen LogP contribution is 2.17. The highest BCUT2D eigenvalue weighted by molar-refractivity contribution is 6.47. The van der Waals surface area contributed by atoms with Crippen molar-refractivity contribution in [3.63, 3.8) is 0 Å². The highest BCUT2D eigenvalue weighted by atomic mass is 28.3. The van der Waals surface area contributed by atoms with Crippen molar-refractivity contribution in [2.75, 3.05) is 0 Å². The molecule has 0 aromatic rings. The number of allylic oxidation sites excluding steroid dienone is 1. The molecule has 2 nitrogen and oxygen atoms in total. The lowest BCUT2D eigenvalue weighted by Crippen LogP contribution is -2.33. The Morgan fingerprint density at radius 3 is 1.73 bits per heavy atom. The van der Waals surface area contributed by atoms with Crippen molar-refractivity contribution in [1.82, 2.24) is 0 Å². The molecular weight excluding hydrogens is 204 g/mol. The molecule has 0 aromatic carbocycles. The van der Waals surface area contributed by atoms with E-state index < -0.39 is 9.28 Å². The molecule has 0 aliphatic heterocycles. The van der Waals surface area contributed by atoms with Crippen LogP contribution in [0.25, 0.3) is 0 Å². The van der Waals surface area contributed by atoms with Gasteiger partial charge >= 0.3 is 9.28 Å². The number of rotatable bonds is 8. The third kappa shape index (κ3) is 6.13. The molecule has 0 fully saturated rings. The molecule has 0 rings (SSSR count). The van der Waals surface area contributed by atoms with Gasteiger partial charge in [0, 0.05) is 17.7 Å². The SMILES string of the molecule is C=CC(C)[SiH](OC(C)CC)OC(C)CC. The van der Waals surface area contributed by atoms with Gasteiger partial charge in [0.05, 0.1) is 0 Å². The summed E-state index contributed by atoms with van der Waals surface area (Å²) in [4.78, 5) is 0. The van der Waals surface area contributed by atoms with Gasteiger partial charge in [-0.3, -0.25) is 0 Å². The van der Waals surface area contributed by atoms with Crippen LogP contribution in [0.4, 0.5) is 0 Å². The first-order chi connectivity index (χ1) is 7.04. The van der Waals surface area contributed by atoms with Crippen molar-refractivity contribution in [2.45, 2.75) is 65.2 Å². The number of hydrogen-bond donors (Lipinski definition) is 0. The Morgan fingerprint density at radius 2 is 1.47 bits per heavy atom. The Kier molecular flexibility index (Phi) is 8.01. The van der Waals surface area contributed by atoms with Crippen molar-refractivity contribution >= 4 is 9.28 Å². The van der Waals surface area contributed by atoms with Crippen LogP contribution in [-0.4, -0.2) is 21.5 Å². The van der Waals surface area contributed by atoms with Crippen LogP contribution in [0.15, 0.2) is 12.7 Å². The van der Waals surface area contributed by atoms with Crippen LogP contribution in [0.3, 0.4) is 0 Å². The van der Waals surface area contributed by atoms with Crippen molar-refractivity contribution in [3.8, 4) is 0 Å². The average Bonchev–Trinajstić information content (AvgIpc) is 2.26. The molecule has 0 heterocycles. The normalized spacial score (nSPS) is 19.3. The van der Waals surface area contributed by atoms with Crippen LogP contribution in [0.2, 0.25) is 5.54 Å². The smallest absolute Gasteiger partial charge is 0.328 e. The third-order valence-corrected chi connectivity index (χ3v) is 5.28. The van der Waals surface area contributed by atoms with Gasteiger partial charge in [-0.05, 0) is 26.7 Å². The summed E-state index contributed by atoms with van der Waals surface area (Å²) in [6.07, 6.45) is 4.62. The summed E-state index contributed by atoms with van der Waals surface area (Å²) in [6, 6.07) is 0. The Balaban J connectivity index is 4.23. The van der Waals surface area contributed by atoms with Gasteiger partial charge in [-0.15, -0.1) is 6.58 Å². The molecule has 0 saturated heterocycles. The zero-order valence-electron chi connectivity index (χ0n) is 10.8. The standard InChI is InChI=1S/C12H26O2Si/c1-7-10(4)13-15(12(6)9-3)14-11(5)8-2/h9-12,15H,3,7-8H2,1-2,4-6H3. The minimum atomic E-state index is -1.60.